The summed E-state index contributed by atoms with van der Waals surface area (Å²) in [4.78, 5) is 25.9. The summed E-state index contributed by atoms with van der Waals surface area (Å²) in [6, 6.07) is 27.3. The molecule has 4 aromatic rings. The Morgan fingerprint density at radius 2 is 1.20 bits per heavy atom. The molecule has 0 unspecified atom stereocenters. The van der Waals surface area contributed by atoms with E-state index >= 15 is 0 Å². The van der Waals surface area contributed by atoms with Crippen LogP contribution in [0.25, 0.3) is 10.8 Å². The number of carbonyl (C=O) groups excluding carboxylic acids is 2. The van der Waals surface area contributed by atoms with Gasteiger partial charge in [-0.15, -0.1) is 0 Å². The van der Waals surface area contributed by atoms with Gasteiger partial charge in [-0.1, -0.05) is 60.7 Å². The Morgan fingerprint density at radius 3 is 2.03 bits per heavy atom. The fraction of sp³-hybridized carbons (Fsp3) is 0.0400. The van der Waals surface area contributed by atoms with E-state index < -0.39 is 0 Å². The van der Waals surface area contributed by atoms with Crippen LogP contribution in [0.15, 0.2) is 91.0 Å². The number of hydrogen-bond acceptors (Lipinski definition) is 3. The van der Waals surface area contributed by atoms with Crippen molar-refractivity contribution in [3.8, 4) is 5.75 Å². The first-order chi connectivity index (χ1) is 14.7. The van der Waals surface area contributed by atoms with E-state index in [9.17, 15) is 9.59 Å². The number of nitrogens with one attached hydrogen (secondary N) is 2. The molecule has 0 bridgehead atoms. The molecule has 2 amide bonds. The molecule has 4 aromatic carbocycles. The van der Waals surface area contributed by atoms with Crippen LogP contribution >= 0.6 is 0 Å². The van der Waals surface area contributed by atoms with Crippen LogP contribution in [-0.2, 0) is 0 Å². The minimum Gasteiger partial charge on any atom is -0.495 e. The molecule has 2 N–H and O–H groups in total. The SMILES string of the molecule is COc1ccccc1NC(=O)c1ccccc1NC(=O)c1cccc2ccccc12. The van der Waals surface area contributed by atoms with Gasteiger partial charge in [-0.3, -0.25) is 9.59 Å². The van der Waals surface area contributed by atoms with Gasteiger partial charge in [0.2, 0.25) is 0 Å². The molecular weight excluding hydrogens is 376 g/mol. The minimum atomic E-state index is -0.340. The molecule has 0 atom stereocenters. The summed E-state index contributed by atoms with van der Waals surface area (Å²) in [6.07, 6.45) is 0. The number of ether oxygens (including phenoxy) is 1. The van der Waals surface area contributed by atoms with Gasteiger partial charge in [-0.25, -0.2) is 0 Å². The van der Waals surface area contributed by atoms with E-state index in [4.69, 9.17) is 4.74 Å². The van der Waals surface area contributed by atoms with Crippen LogP contribution in [0.4, 0.5) is 11.4 Å². The van der Waals surface area contributed by atoms with Crippen LogP contribution in [0.1, 0.15) is 20.7 Å². The summed E-state index contributed by atoms with van der Waals surface area (Å²) >= 11 is 0. The summed E-state index contributed by atoms with van der Waals surface area (Å²) < 4.78 is 5.29. The number of hydrogen-bond donors (Lipinski definition) is 2. The molecule has 0 radical (unpaired) electrons. The van der Waals surface area contributed by atoms with E-state index in [0.717, 1.165) is 10.8 Å². The van der Waals surface area contributed by atoms with Gasteiger partial charge >= 0.3 is 0 Å². The number of methoxy groups -OCH3 is 1. The zero-order valence-corrected chi connectivity index (χ0v) is 16.4. The summed E-state index contributed by atoms with van der Waals surface area (Å²) in [5.41, 5.74) is 1.90. The molecule has 0 fully saturated rings. The van der Waals surface area contributed by atoms with Gasteiger partial charge < -0.3 is 15.4 Å². The first-order valence-electron chi connectivity index (χ1n) is 9.50. The lowest BCUT2D eigenvalue weighted by Gasteiger charge is -2.14. The standard InChI is InChI=1S/C25H20N2O3/c1-30-23-16-7-6-15-22(23)27-25(29)20-12-4-5-14-21(20)26-24(28)19-13-8-10-17-9-2-3-11-18(17)19/h2-16H,1H3,(H,26,28)(H,27,29). The summed E-state index contributed by atoms with van der Waals surface area (Å²) in [7, 11) is 1.54. The Labute approximate surface area is 174 Å². The highest BCUT2D eigenvalue weighted by molar-refractivity contribution is 6.16. The number of carbonyl (C=O) groups is 2. The Bertz CT molecular complexity index is 1230. The quantitative estimate of drug-likeness (QED) is 0.478. The van der Waals surface area contributed by atoms with Gasteiger partial charge in [0.25, 0.3) is 11.8 Å². The minimum absolute atomic E-state index is 0.274. The van der Waals surface area contributed by atoms with E-state index in [1.54, 1.807) is 49.6 Å². The van der Waals surface area contributed by atoms with Gasteiger partial charge in [0.05, 0.1) is 24.0 Å². The monoisotopic (exact) mass is 396 g/mol. The maximum absolute atomic E-state index is 13.0. The average molecular weight is 396 g/mol. The molecule has 4 rings (SSSR count). The van der Waals surface area contributed by atoms with Crippen molar-refractivity contribution in [1.29, 1.82) is 0 Å². The van der Waals surface area contributed by atoms with Gasteiger partial charge in [-0.05, 0) is 41.1 Å². The van der Waals surface area contributed by atoms with E-state index in [2.05, 4.69) is 10.6 Å². The lowest BCUT2D eigenvalue weighted by atomic mass is 10.0. The van der Waals surface area contributed by atoms with Crippen molar-refractivity contribution in [1.82, 2.24) is 0 Å². The van der Waals surface area contributed by atoms with Crippen molar-refractivity contribution >= 4 is 34.0 Å². The van der Waals surface area contributed by atoms with Crippen LogP contribution in [0.3, 0.4) is 0 Å². The smallest absolute Gasteiger partial charge is 0.257 e. The molecule has 0 spiro atoms. The topological polar surface area (TPSA) is 67.4 Å². The molecule has 148 valence electrons. The summed E-state index contributed by atoms with van der Waals surface area (Å²) in [5, 5.41) is 7.56. The molecule has 0 aliphatic rings. The first kappa shape index (κ1) is 19.2. The first-order valence-corrected chi connectivity index (χ1v) is 9.50. The molecule has 5 heteroatoms. The van der Waals surface area contributed by atoms with Gasteiger partial charge in [0.1, 0.15) is 5.75 Å². The van der Waals surface area contributed by atoms with Crippen molar-refractivity contribution < 1.29 is 14.3 Å². The average Bonchev–Trinajstić information content (AvgIpc) is 2.79. The third kappa shape index (κ3) is 3.86. The van der Waals surface area contributed by atoms with Gasteiger partial charge in [-0.2, -0.15) is 0 Å². The van der Waals surface area contributed by atoms with Crippen LogP contribution in [-0.4, -0.2) is 18.9 Å². The number of benzene rings is 4. The normalized spacial score (nSPS) is 10.4. The lowest BCUT2D eigenvalue weighted by Crippen LogP contribution is -2.18. The molecule has 0 aliphatic heterocycles. The number of para-hydroxylation sites is 3. The summed E-state index contributed by atoms with van der Waals surface area (Å²) in [5.74, 6) is -0.0548. The van der Waals surface area contributed by atoms with Crippen LogP contribution in [0.2, 0.25) is 0 Å². The highest BCUT2D eigenvalue weighted by Crippen LogP contribution is 2.26. The van der Waals surface area contributed by atoms with E-state index in [1.807, 2.05) is 48.5 Å². The Morgan fingerprint density at radius 1 is 0.633 bits per heavy atom. The molecule has 30 heavy (non-hydrogen) atoms. The summed E-state index contributed by atoms with van der Waals surface area (Å²) in [6.45, 7) is 0. The molecule has 5 nitrogen and oxygen atoms in total. The number of amides is 2. The lowest BCUT2D eigenvalue weighted by molar-refractivity contribution is 0.102. The largest absolute Gasteiger partial charge is 0.495 e. The van der Waals surface area contributed by atoms with Crippen LogP contribution in [0.5, 0.6) is 5.75 Å². The van der Waals surface area contributed by atoms with Crippen molar-refractivity contribution in [2.75, 3.05) is 17.7 Å². The molecule has 0 saturated carbocycles. The van der Waals surface area contributed by atoms with Crippen molar-refractivity contribution in [2.45, 2.75) is 0 Å². The van der Waals surface area contributed by atoms with Gasteiger partial charge in [0.15, 0.2) is 0 Å². The second-order valence-corrected chi connectivity index (χ2v) is 6.68. The second-order valence-electron chi connectivity index (χ2n) is 6.68. The Balaban J connectivity index is 1.62. The number of rotatable bonds is 5. The molecule has 0 aromatic heterocycles. The fourth-order valence-electron chi connectivity index (χ4n) is 3.34. The van der Waals surface area contributed by atoms with Crippen molar-refractivity contribution in [3.63, 3.8) is 0 Å². The zero-order valence-electron chi connectivity index (χ0n) is 16.4. The molecule has 0 aliphatic carbocycles. The third-order valence-electron chi connectivity index (χ3n) is 4.81. The zero-order chi connectivity index (χ0) is 20.9. The van der Waals surface area contributed by atoms with Crippen molar-refractivity contribution in [3.05, 3.63) is 102 Å². The van der Waals surface area contributed by atoms with E-state index in [0.29, 0.717) is 28.3 Å². The molecule has 0 saturated heterocycles. The van der Waals surface area contributed by atoms with Gasteiger partial charge in [0, 0.05) is 5.56 Å². The number of anilines is 2. The molecular formula is C25H20N2O3. The maximum atomic E-state index is 13.0. The fourth-order valence-corrected chi connectivity index (χ4v) is 3.34. The van der Waals surface area contributed by atoms with E-state index in [-0.39, 0.29) is 11.8 Å². The number of fused-ring (bicyclic) bond motifs is 1. The van der Waals surface area contributed by atoms with Crippen molar-refractivity contribution in [2.24, 2.45) is 0 Å². The predicted octanol–water partition coefficient (Wildman–Crippen LogP) is 5.35. The second kappa shape index (κ2) is 8.49. The maximum Gasteiger partial charge on any atom is 0.257 e. The predicted molar refractivity (Wildman–Crippen MR) is 119 cm³/mol. The van der Waals surface area contributed by atoms with Crippen LogP contribution in [0, 0.1) is 0 Å². The molecule has 0 heterocycles. The Hall–Kier alpha value is -4.12. The Kier molecular flexibility index (Phi) is 5.44. The van der Waals surface area contributed by atoms with E-state index in [1.165, 1.54) is 0 Å². The highest BCUT2D eigenvalue weighted by Gasteiger charge is 2.16. The highest BCUT2D eigenvalue weighted by atomic mass is 16.5. The third-order valence-corrected chi connectivity index (χ3v) is 4.81. The van der Waals surface area contributed by atoms with Crippen LogP contribution < -0.4 is 15.4 Å².